The maximum atomic E-state index is 12.4. The normalized spacial score (nSPS) is 22.4. The number of carbonyl (C=O) groups is 1. The van der Waals surface area contributed by atoms with E-state index in [4.69, 9.17) is 4.74 Å². The molecule has 1 saturated carbocycles. The fraction of sp³-hybridized carbons (Fsp3) is 0.833. The van der Waals surface area contributed by atoms with E-state index in [9.17, 15) is 4.79 Å². The van der Waals surface area contributed by atoms with Gasteiger partial charge < -0.3 is 4.74 Å². The molecule has 0 unspecified atom stereocenters. The van der Waals surface area contributed by atoms with E-state index in [2.05, 4.69) is 27.7 Å². The lowest BCUT2D eigenvalue weighted by Crippen LogP contribution is -2.32. The van der Waals surface area contributed by atoms with Crippen LogP contribution in [0.15, 0.2) is 11.8 Å². The fourth-order valence-corrected chi connectivity index (χ4v) is 2.69. The second-order valence-electron chi connectivity index (χ2n) is 8.04. The first-order valence-corrected chi connectivity index (χ1v) is 7.87. The van der Waals surface area contributed by atoms with Crippen molar-refractivity contribution >= 4 is 5.78 Å². The summed E-state index contributed by atoms with van der Waals surface area (Å²) >= 11 is 0. The van der Waals surface area contributed by atoms with Crippen LogP contribution in [-0.2, 0) is 9.53 Å². The van der Waals surface area contributed by atoms with E-state index in [0.717, 1.165) is 25.0 Å². The molecule has 0 bridgehead atoms. The van der Waals surface area contributed by atoms with Crippen molar-refractivity contribution < 1.29 is 9.53 Å². The van der Waals surface area contributed by atoms with Crippen molar-refractivity contribution in [1.82, 2.24) is 0 Å². The standard InChI is InChI=1S/C18H32O2/c1-8-17(4,5)14(19)13-15(20-7)18(6)11-9-16(2,3)10-12-18/h13H,8-12H2,1-7H3/b15-13-. The number of hydrogen-bond acceptors (Lipinski definition) is 2. The summed E-state index contributed by atoms with van der Waals surface area (Å²) < 4.78 is 5.61. The molecule has 0 N–H and O–H groups in total. The molecule has 0 aromatic rings. The highest BCUT2D eigenvalue weighted by atomic mass is 16.5. The molecule has 0 aromatic carbocycles. The highest BCUT2D eigenvalue weighted by Gasteiger charge is 2.39. The van der Waals surface area contributed by atoms with Gasteiger partial charge in [-0.15, -0.1) is 0 Å². The van der Waals surface area contributed by atoms with E-state index in [1.807, 2.05) is 13.8 Å². The highest BCUT2D eigenvalue weighted by molar-refractivity contribution is 5.94. The van der Waals surface area contributed by atoms with Gasteiger partial charge in [-0.3, -0.25) is 4.79 Å². The van der Waals surface area contributed by atoms with Gasteiger partial charge in [-0.2, -0.15) is 0 Å². The SMILES string of the molecule is CCC(C)(C)C(=O)/C=C(\OC)C1(C)CCC(C)(C)CC1. The lowest BCUT2D eigenvalue weighted by molar-refractivity contribution is -0.122. The van der Waals surface area contributed by atoms with Gasteiger partial charge in [0.25, 0.3) is 0 Å². The number of allylic oxidation sites excluding steroid dienone is 2. The third-order valence-electron chi connectivity index (χ3n) is 5.33. The topological polar surface area (TPSA) is 26.3 Å². The summed E-state index contributed by atoms with van der Waals surface area (Å²) in [6.45, 7) is 13.0. The molecular weight excluding hydrogens is 248 g/mol. The third kappa shape index (κ3) is 3.86. The van der Waals surface area contributed by atoms with E-state index in [1.165, 1.54) is 12.8 Å². The summed E-state index contributed by atoms with van der Waals surface area (Å²) in [7, 11) is 1.70. The Morgan fingerprint density at radius 3 is 2.05 bits per heavy atom. The summed E-state index contributed by atoms with van der Waals surface area (Å²) in [5.74, 6) is 1.06. The molecule has 0 amide bonds. The smallest absolute Gasteiger partial charge is 0.164 e. The predicted octanol–water partition coefficient (Wildman–Crippen LogP) is 5.13. The van der Waals surface area contributed by atoms with Crippen molar-refractivity contribution in [2.24, 2.45) is 16.2 Å². The molecule has 0 atom stereocenters. The van der Waals surface area contributed by atoms with Crippen LogP contribution >= 0.6 is 0 Å². The Morgan fingerprint density at radius 1 is 1.15 bits per heavy atom. The lowest BCUT2D eigenvalue weighted by Gasteiger charge is -2.42. The molecule has 2 heteroatoms. The van der Waals surface area contributed by atoms with E-state index in [0.29, 0.717) is 5.41 Å². The molecule has 20 heavy (non-hydrogen) atoms. The van der Waals surface area contributed by atoms with Crippen LogP contribution in [0.25, 0.3) is 0 Å². The fourth-order valence-electron chi connectivity index (χ4n) is 2.69. The number of methoxy groups -OCH3 is 1. The van der Waals surface area contributed by atoms with Crippen LogP contribution in [0.5, 0.6) is 0 Å². The zero-order valence-electron chi connectivity index (χ0n) is 14.4. The summed E-state index contributed by atoms with van der Waals surface area (Å²) in [5, 5.41) is 0. The zero-order valence-corrected chi connectivity index (χ0v) is 14.4. The molecule has 2 nitrogen and oxygen atoms in total. The summed E-state index contributed by atoms with van der Waals surface area (Å²) in [4.78, 5) is 12.4. The van der Waals surface area contributed by atoms with Crippen LogP contribution < -0.4 is 0 Å². The minimum absolute atomic E-state index is 0.0176. The molecule has 0 aliphatic heterocycles. The second kappa shape index (κ2) is 5.91. The Balaban J connectivity index is 2.93. The number of carbonyl (C=O) groups excluding carboxylic acids is 1. The summed E-state index contributed by atoms with van der Waals surface area (Å²) in [6.07, 6.45) is 7.19. The Morgan fingerprint density at radius 2 is 1.65 bits per heavy atom. The first kappa shape index (κ1) is 17.3. The molecule has 1 rings (SSSR count). The largest absolute Gasteiger partial charge is 0.500 e. The maximum Gasteiger partial charge on any atom is 0.164 e. The van der Waals surface area contributed by atoms with E-state index in [1.54, 1.807) is 13.2 Å². The first-order valence-electron chi connectivity index (χ1n) is 7.87. The van der Waals surface area contributed by atoms with Crippen molar-refractivity contribution in [1.29, 1.82) is 0 Å². The van der Waals surface area contributed by atoms with Crippen LogP contribution in [0.2, 0.25) is 0 Å². The molecule has 0 aromatic heterocycles. The Bertz CT molecular complexity index is 378. The number of hydrogen-bond donors (Lipinski definition) is 0. The number of rotatable bonds is 5. The molecular formula is C18H32O2. The van der Waals surface area contributed by atoms with Crippen molar-refractivity contribution in [2.45, 2.75) is 73.6 Å². The quantitative estimate of drug-likeness (QED) is 0.515. The van der Waals surface area contributed by atoms with Crippen molar-refractivity contribution in [2.75, 3.05) is 7.11 Å². The van der Waals surface area contributed by atoms with Gasteiger partial charge in [-0.1, -0.05) is 41.5 Å². The van der Waals surface area contributed by atoms with Crippen molar-refractivity contribution in [3.05, 3.63) is 11.8 Å². The van der Waals surface area contributed by atoms with Crippen molar-refractivity contribution in [3.63, 3.8) is 0 Å². The Kier molecular flexibility index (Phi) is 5.10. The van der Waals surface area contributed by atoms with Crippen LogP contribution in [0, 0.1) is 16.2 Å². The molecule has 1 fully saturated rings. The Labute approximate surface area is 125 Å². The van der Waals surface area contributed by atoms with Crippen LogP contribution in [-0.4, -0.2) is 12.9 Å². The minimum Gasteiger partial charge on any atom is -0.500 e. The van der Waals surface area contributed by atoms with Gasteiger partial charge >= 0.3 is 0 Å². The Hall–Kier alpha value is -0.790. The zero-order chi connectivity index (χ0) is 15.6. The molecule has 0 saturated heterocycles. The number of ether oxygens (including phenoxy) is 1. The van der Waals surface area contributed by atoms with Crippen molar-refractivity contribution in [3.8, 4) is 0 Å². The monoisotopic (exact) mass is 280 g/mol. The van der Waals surface area contributed by atoms with E-state index in [-0.39, 0.29) is 16.6 Å². The number of ketones is 1. The van der Waals surface area contributed by atoms with Gasteiger partial charge in [0.2, 0.25) is 0 Å². The molecule has 0 radical (unpaired) electrons. The van der Waals surface area contributed by atoms with Crippen LogP contribution in [0.1, 0.15) is 73.6 Å². The van der Waals surface area contributed by atoms with E-state index < -0.39 is 0 Å². The highest BCUT2D eigenvalue weighted by Crippen LogP contribution is 2.49. The van der Waals surface area contributed by atoms with Gasteiger partial charge in [0, 0.05) is 16.9 Å². The van der Waals surface area contributed by atoms with Gasteiger partial charge in [0.1, 0.15) is 5.76 Å². The molecule has 116 valence electrons. The summed E-state index contributed by atoms with van der Waals surface area (Å²) in [6, 6.07) is 0. The average molecular weight is 280 g/mol. The molecule has 0 spiro atoms. The first-order chi connectivity index (χ1) is 9.06. The average Bonchev–Trinajstić information content (AvgIpc) is 2.39. The van der Waals surface area contributed by atoms with E-state index >= 15 is 0 Å². The van der Waals surface area contributed by atoms with Gasteiger partial charge in [-0.05, 0) is 37.5 Å². The summed E-state index contributed by atoms with van der Waals surface area (Å²) in [5.41, 5.74) is 0.142. The maximum absolute atomic E-state index is 12.4. The van der Waals surface area contributed by atoms with Gasteiger partial charge in [-0.25, -0.2) is 0 Å². The van der Waals surface area contributed by atoms with Crippen LogP contribution in [0.4, 0.5) is 0 Å². The molecule has 0 heterocycles. The minimum atomic E-state index is -0.298. The molecule has 1 aliphatic carbocycles. The predicted molar refractivity (Wildman–Crippen MR) is 84.5 cm³/mol. The van der Waals surface area contributed by atoms with Crippen LogP contribution in [0.3, 0.4) is 0 Å². The molecule has 1 aliphatic rings. The third-order valence-corrected chi connectivity index (χ3v) is 5.33. The second-order valence-corrected chi connectivity index (χ2v) is 8.04. The van der Waals surface area contributed by atoms with Gasteiger partial charge in [0.15, 0.2) is 5.78 Å². The lowest BCUT2D eigenvalue weighted by atomic mass is 9.65. The van der Waals surface area contributed by atoms with Gasteiger partial charge in [0.05, 0.1) is 7.11 Å².